The van der Waals surface area contributed by atoms with Gasteiger partial charge >= 0.3 is 0 Å². The second-order valence-corrected chi connectivity index (χ2v) is 8.71. The van der Waals surface area contributed by atoms with Crippen LogP contribution in [0.2, 0.25) is 0 Å². The molecule has 1 atom stereocenters. The number of ether oxygens (including phenoxy) is 1. The summed E-state index contributed by atoms with van der Waals surface area (Å²) in [6, 6.07) is 5.24. The Hall–Kier alpha value is -2.64. The van der Waals surface area contributed by atoms with E-state index in [0.29, 0.717) is 34.7 Å². The fourth-order valence-corrected chi connectivity index (χ4v) is 3.99. The zero-order chi connectivity index (χ0) is 23.3. The van der Waals surface area contributed by atoms with Crippen molar-refractivity contribution in [2.24, 2.45) is 10.9 Å². The van der Waals surface area contributed by atoms with Crippen molar-refractivity contribution < 1.29 is 10.6 Å². The molecule has 1 fully saturated rings. The summed E-state index contributed by atoms with van der Waals surface area (Å²) in [4.78, 5) is 11.4. The van der Waals surface area contributed by atoms with Gasteiger partial charge in [-0.2, -0.15) is 0 Å². The maximum atomic E-state index is 14.7. The number of amidine groups is 1. The lowest BCUT2D eigenvalue weighted by atomic mass is 10.0. The number of benzene rings is 1. The molecule has 0 aliphatic carbocycles. The lowest BCUT2D eigenvalue weighted by Crippen LogP contribution is -2.54. The monoisotopic (exact) mass is 443 g/mol. The molecule has 6 nitrogen and oxygen atoms in total. The van der Waals surface area contributed by atoms with Crippen LogP contribution in [0, 0.1) is 11.7 Å². The van der Waals surface area contributed by atoms with E-state index in [2.05, 4.69) is 35.5 Å². The molecule has 0 saturated carbocycles. The van der Waals surface area contributed by atoms with E-state index in [-0.39, 0.29) is 7.24 Å². The molecule has 0 amide bonds. The van der Waals surface area contributed by atoms with Crippen LogP contribution in [0.4, 0.5) is 4.39 Å². The van der Waals surface area contributed by atoms with E-state index in [9.17, 15) is 4.39 Å². The average molecular weight is 444 g/mol. The second kappa shape index (κ2) is 10.8. The quantitative estimate of drug-likeness (QED) is 0.697. The van der Waals surface area contributed by atoms with Gasteiger partial charge in [0.05, 0.1) is 7.11 Å². The summed E-state index contributed by atoms with van der Waals surface area (Å²) in [6.07, 6.45) is 5.59. The predicted octanol–water partition coefficient (Wildman–Crippen LogP) is 3.65. The van der Waals surface area contributed by atoms with Gasteiger partial charge in [0.2, 0.25) is 0 Å². The van der Waals surface area contributed by atoms with E-state index in [4.69, 9.17) is 9.73 Å². The van der Waals surface area contributed by atoms with E-state index in [1.807, 2.05) is 31.3 Å². The third-order valence-electron chi connectivity index (χ3n) is 6.15. The molecule has 0 bridgehead atoms. The summed E-state index contributed by atoms with van der Waals surface area (Å²) in [7, 11) is 5.52. The third kappa shape index (κ3) is 5.58. The Kier molecular flexibility index (Phi) is 8.10. The van der Waals surface area contributed by atoms with Crippen molar-refractivity contribution in [3.8, 4) is 5.75 Å². The fraction of sp³-hybridized carbons (Fsp3) is 0.480. The Bertz CT molecular complexity index is 914. The van der Waals surface area contributed by atoms with Crippen molar-refractivity contribution in [1.82, 2.24) is 20.0 Å². The molecule has 2 heterocycles. The van der Waals surface area contributed by atoms with Gasteiger partial charge in [-0.3, -0.25) is 4.90 Å². The Labute approximate surface area is 193 Å². The van der Waals surface area contributed by atoms with Crippen LogP contribution < -0.4 is 10.1 Å². The van der Waals surface area contributed by atoms with Crippen LogP contribution in [0.3, 0.4) is 0 Å². The van der Waals surface area contributed by atoms with Crippen molar-refractivity contribution in [2.75, 3.05) is 53.9 Å². The Morgan fingerprint density at radius 2 is 2.25 bits per heavy atom. The van der Waals surface area contributed by atoms with Gasteiger partial charge in [0.1, 0.15) is 23.2 Å². The molecule has 0 aromatic heterocycles. The number of nitrogens with one attached hydrogen (secondary N) is 1. The SMILES string of the molecule is C=C/C(=C1/N=C(N(C)CCN2CCNC(C(C)C)C2)C=CN1C)c1cc(OC)ccc1F.[HH]. The molecule has 0 radical (unpaired) electrons. The number of hydrogen-bond donors (Lipinski definition) is 1. The number of hydrogen-bond acceptors (Lipinski definition) is 6. The number of rotatable bonds is 7. The number of aliphatic imine (C=N–C) groups is 1. The second-order valence-electron chi connectivity index (χ2n) is 8.71. The normalized spacial score (nSPS) is 20.9. The van der Waals surface area contributed by atoms with Gasteiger partial charge < -0.3 is 19.9 Å². The summed E-state index contributed by atoms with van der Waals surface area (Å²) in [5, 5.41) is 3.61. The maximum absolute atomic E-state index is 14.7. The van der Waals surface area contributed by atoms with Crippen molar-refractivity contribution >= 4 is 11.4 Å². The van der Waals surface area contributed by atoms with Crippen molar-refractivity contribution in [2.45, 2.75) is 19.9 Å². The minimum absolute atomic E-state index is 0. The van der Waals surface area contributed by atoms with E-state index >= 15 is 0 Å². The lowest BCUT2D eigenvalue weighted by Gasteiger charge is -2.36. The molecule has 1 unspecified atom stereocenters. The average Bonchev–Trinajstić information content (AvgIpc) is 2.80. The highest BCUT2D eigenvalue weighted by molar-refractivity contribution is 5.95. The van der Waals surface area contributed by atoms with E-state index in [0.717, 1.165) is 38.6 Å². The number of likely N-dealkylation sites (N-methyl/N-ethyl adjacent to an activating group) is 1. The van der Waals surface area contributed by atoms with Gasteiger partial charge in [0, 0.05) is 71.6 Å². The van der Waals surface area contributed by atoms with Crippen LogP contribution in [0.15, 0.2) is 53.9 Å². The summed E-state index contributed by atoms with van der Waals surface area (Å²) in [5.41, 5.74) is 1.05. The van der Waals surface area contributed by atoms with Crippen molar-refractivity contribution in [3.05, 3.63) is 60.3 Å². The summed E-state index contributed by atoms with van der Waals surface area (Å²) in [6.45, 7) is 13.4. The zero-order valence-corrected chi connectivity index (χ0v) is 19.9. The minimum Gasteiger partial charge on any atom is -0.497 e. The number of piperazine rings is 1. The van der Waals surface area contributed by atoms with Crippen LogP contribution >= 0.6 is 0 Å². The fourth-order valence-electron chi connectivity index (χ4n) is 3.99. The molecule has 2 aliphatic rings. The van der Waals surface area contributed by atoms with E-state index in [1.54, 1.807) is 25.3 Å². The lowest BCUT2D eigenvalue weighted by molar-refractivity contribution is 0.168. The van der Waals surface area contributed by atoms with Crippen LogP contribution in [0.1, 0.15) is 20.8 Å². The molecule has 1 aromatic carbocycles. The Morgan fingerprint density at radius 3 is 2.94 bits per heavy atom. The predicted molar refractivity (Wildman–Crippen MR) is 132 cm³/mol. The molecule has 2 aliphatic heterocycles. The molecular formula is C25H38FN5O. The molecule has 1 aromatic rings. The molecule has 7 heteroatoms. The number of nitrogens with zero attached hydrogens (tertiary/aromatic N) is 4. The molecule has 32 heavy (non-hydrogen) atoms. The molecule has 1 saturated heterocycles. The first kappa shape index (κ1) is 24.0. The minimum atomic E-state index is -0.334. The summed E-state index contributed by atoms with van der Waals surface area (Å²) < 4.78 is 19.9. The molecule has 3 rings (SSSR count). The van der Waals surface area contributed by atoms with Gasteiger partial charge in [0.15, 0.2) is 0 Å². The van der Waals surface area contributed by atoms with E-state index in [1.165, 1.54) is 6.07 Å². The van der Waals surface area contributed by atoms with Crippen LogP contribution in [-0.2, 0) is 0 Å². The highest BCUT2D eigenvalue weighted by Crippen LogP contribution is 2.30. The number of allylic oxidation sites excluding steroid dienone is 2. The first-order valence-electron chi connectivity index (χ1n) is 11.2. The van der Waals surface area contributed by atoms with Gasteiger partial charge in [-0.25, -0.2) is 9.38 Å². The Morgan fingerprint density at radius 1 is 1.47 bits per heavy atom. The third-order valence-corrected chi connectivity index (χ3v) is 6.15. The van der Waals surface area contributed by atoms with Crippen molar-refractivity contribution in [1.29, 1.82) is 0 Å². The first-order valence-corrected chi connectivity index (χ1v) is 11.2. The zero-order valence-electron chi connectivity index (χ0n) is 19.9. The molecule has 1 N–H and O–H groups in total. The standard InChI is InChI=1S/C25H36FN5O.H2/c1-7-20(21-16-19(32-6)8-9-22(21)26)25-28-24(10-12-30(25)5)29(4)14-15-31-13-11-27-23(17-31)18(2)3;/h7-10,12,16,18,23,27H,1,11,13-15,17H2,2-6H3;1H/b25-20+;. The van der Waals surface area contributed by atoms with Crippen LogP contribution in [-0.4, -0.2) is 80.5 Å². The topological polar surface area (TPSA) is 43.3 Å². The smallest absolute Gasteiger partial charge is 0.142 e. The summed E-state index contributed by atoms with van der Waals surface area (Å²) in [5.74, 6) is 2.38. The molecule has 0 spiro atoms. The molecule has 176 valence electrons. The highest BCUT2D eigenvalue weighted by atomic mass is 19.1. The van der Waals surface area contributed by atoms with E-state index < -0.39 is 0 Å². The maximum Gasteiger partial charge on any atom is 0.142 e. The first-order chi connectivity index (χ1) is 15.3. The van der Waals surface area contributed by atoms with Gasteiger partial charge in [-0.1, -0.05) is 26.5 Å². The Balaban J connectivity index is 0.00000385. The molecular weight excluding hydrogens is 405 g/mol. The van der Waals surface area contributed by atoms with Gasteiger partial charge in [0.25, 0.3) is 0 Å². The van der Waals surface area contributed by atoms with Crippen LogP contribution in [0.5, 0.6) is 5.75 Å². The largest absolute Gasteiger partial charge is 0.497 e. The number of methoxy groups -OCH3 is 1. The van der Waals surface area contributed by atoms with Gasteiger partial charge in [-0.15, -0.1) is 0 Å². The van der Waals surface area contributed by atoms with Crippen LogP contribution in [0.25, 0.3) is 5.57 Å². The highest BCUT2D eigenvalue weighted by Gasteiger charge is 2.23. The summed E-state index contributed by atoms with van der Waals surface area (Å²) >= 11 is 0. The van der Waals surface area contributed by atoms with Gasteiger partial charge in [-0.05, 0) is 30.2 Å². The number of halogens is 1. The van der Waals surface area contributed by atoms with Crippen molar-refractivity contribution in [3.63, 3.8) is 0 Å².